The van der Waals surface area contributed by atoms with Crippen LogP contribution in [0.1, 0.15) is 54.9 Å². The number of aromatic amines is 1. The molecule has 34 heavy (non-hydrogen) atoms. The number of anilines is 1. The van der Waals surface area contributed by atoms with Crippen molar-refractivity contribution in [3.63, 3.8) is 0 Å². The molecule has 6 rings (SSSR count). The van der Waals surface area contributed by atoms with E-state index >= 15 is 0 Å². The highest BCUT2D eigenvalue weighted by atomic mass is 16.3. The van der Waals surface area contributed by atoms with E-state index in [-0.39, 0.29) is 12.5 Å². The number of imidazole rings is 2. The second-order valence-electron chi connectivity index (χ2n) is 9.74. The van der Waals surface area contributed by atoms with E-state index in [1.54, 1.807) is 6.33 Å². The van der Waals surface area contributed by atoms with Crippen LogP contribution >= 0.6 is 0 Å². The Bertz CT molecular complexity index is 1370. The van der Waals surface area contributed by atoms with Gasteiger partial charge in [-0.05, 0) is 43.0 Å². The molecule has 4 N–H and O–H groups in total. The lowest BCUT2D eigenvalue weighted by Crippen LogP contribution is -2.25. The smallest absolute Gasteiger partial charge is 0.253 e. The van der Waals surface area contributed by atoms with Gasteiger partial charge in [0.25, 0.3) is 5.91 Å². The fourth-order valence-corrected chi connectivity index (χ4v) is 5.86. The molecule has 2 fully saturated rings. The summed E-state index contributed by atoms with van der Waals surface area (Å²) in [6.45, 7) is 1.61. The molecule has 2 aliphatic rings. The van der Waals surface area contributed by atoms with Gasteiger partial charge in [-0.1, -0.05) is 25.3 Å². The maximum Gasteiger partial charge on any atom is 0.253 e. The predicted octanol–water partition coefficient (Wildman–Crippen LogP) is 4.00. The molecule has 176 valence electrons. The highest BCUT2D eigenvalue weighted by molar-refractivity contribution is 6.13. The van der Waals surface area contributed by atoms with Gasteiger partial charge in [-0.25, -0.2) is 9.97 Å². The molecule has 1 aliphatic heterocycles. The molecule has 1 saturated heterocycles. The van der Waals surface area contributed by atoms with Crippen molar-refractivity contribution in [3.05, 3.63) is 42.5 Å². The van der Waals surface area contributed by atoms with Crippen molar-refractivity contribution in [2.75, 3.05) is 24.6 Å². The molecule has 4 aromatic rings. The number of benzene rings is 2. The molecule has 0 spiro atoms. The third-order valence-corrected chi connectivity index (χ3v) is 7.67. The SMILES string of the molecule is NC(=O)c1c(N2CC[C@H](CO)C2)cc(-c2ccc3c(c2)ncn3C2CCCCC2)c2nc[nH]c12. The monoisotopic (exact) mass is 458 g/mol. The van der Waals surface area contributed by atoms with Crippen LogP contribution in [0.2, 0.25) is 0 Å². The first-order valence-electron chi connectivity index (χ1n) is 12.3. The van der Waals surface area contributed by atoms with Gasteiger partial charge in [0.05, 0.1) is 46.0 Å². The molecule has 1 aliphatic carbocycles. The van der Waals surface area contributed by atoms with E-state index in [2.05, 4.69) is 37.6 Å². The number of aromatic nitrogens is 4. The summed E-state index contributed by atoms with van der Waals surface area (Å²) in [7, 11) is 0. The fourth-order valence-electron chi connectivity index (χ4n) is 5.86. The van der Waals surface area contributed by atoms with Crippen LogP contribution in [0.4, 0.5) is 5.69 Å². The Labute approximate surface area is 197 Å². The summed E-state index contributed by atoms with van der Waals surface area (Å²) < 4.78 is 2.34. The second-order valence-corrected chi connectivity index (χ2v) is 9.74. The van der Waals surface area contributed by atoms with Crippen LogP contribution in [-0.2, 0) is 0 Å². The lowest BCUT2D eigenvalue weighted by atomic mass is 9.95. The Morgan fingerprint density at radius 1 is 1.15 bits per heavy atom. The molecule has 2 aromatic heterocycles. The van der Waals surface area contributed by atoms with E-state index in [1.165, 1.54) is 32.1 Å². The van der Waals surface area contributed by atoms with E-state index in [1.807, 2.05) is 12.4 Å². The molecule has 8 heteroatoms. The van der Waals surface area contributed by atoms with Crippen molar-refractivity contribution in [1.82, 2.24) is 19.5 Å². The minimum absolute atomic E-state index is 0.141. The number of hydrogen-bond acceptors (Lipinski definition) is 5. The number of hydrogen-bond donors (Lipinski definition) is 3. The molecular weight excluding hydrogens is 428 g/mol. The van der Waals surface area contributed by atoms with Gasteiger partial charge < -0.3 is 25.3 Å². The Kier molecular flexibility index (Phi) is 5.25. The Balaban J connectivity index is 1.47. The maximum atomic E-state index is 12.5. The van der Waals surface area contributed by atoms with Gasteiger partial charge in [-0.2, -0.15) is 0 Å². The first kappa shape index (κ1) is 21.2. The number of fused-ring (bicyclic) bond motifs is 2. The summed E-state index contributed by atoms with van der Waals surface area (Å²) in [5.74, 6) is -0.285. The second kappa shape index (κ2) is 8.43. The van der Waals surface area contributed by atoms with Crippen molar-refractivity contribution in [2.24, 2.45) is 11.7 Å². The van der Waals surface area contributed by atoms with Gasteiger partial charge >= 0.3 is 0 Å². The number of nitrogens with one attached hydrogen (secondary N) is 1. The number of nitrogens with zero attached hydrogens (tertiary/aromatic N) is 4. The van der Waals surface area contributed by atoms with Crippen molar-refractivity contribution >= 4 is 33.7 Å². The van der Waals surface area contributed by atoms with Gasteiger partial charge in [0.2, 0.25) is 0 Å². The number of carbonyl (C=O) groups is 1. The minimum atomic E-state index is -0.482. The normalized spacial score (nSPS) is 19.4. The van der Waals surface area contributed by atoms with Crippen LogP contribution in [0.3, 0.4) is 0 Å². The van der Waals surface area contributed by atoms with Crippen LogP contribution in [0, 0.1) is 5.92 Å². The van der Waals surface area contributed by atoms with Crippen LogP contribution in [0.25, 0.3) is 33.2 Å². The molecule has 0 radical (unpaired) electrons. The highest BCUT2D eigenvalue weighted by Crippen LogP contribution is 2.39. The van der Waals surface area contributed by atoms with E-state index in [0.29, 0.717) is 23.7 Å². The van der Waals surface area contributed by atoms with Crippen LogP contribution in [0.15, 0.2) is 36.9 Å². The molecule has 0 unspecified atom stereocenters. The van der Waals surface area contributed by atoms with Crippen molar-refractivity contribution in [1.29, 1.82) is 0 Å². The number of aliphatic hydroxyl groups is 1. The van der Waals surface area contributed by atoms with E-state index < -0.39 is 5.91 Å². The van der Waals surface area contributed by atoms with E-state index in [0.717, 1.165) is 46.3 Å². The first-order valence-corrected chi connectivity index (χ1v) is 12.3. The largest absolute Gasteiger partial charge is 0.396 e. The van der Waals surface area contributed by atoms with Crippen LogP contribution in [0.5, 0.6) is 0 Å². The number of rotatable bonds is 5. The Morgan fingerprint density at radius 3 is 2.76 bits per heavy atom. The lowest BCUT2D eigenvalue weighted by Gasteiger charge is -2.24. The summed E-state index contributed by atoms with van der Waals surface area (Å²) in [4.78, 5) is 27.1. The Morgan fingerprint density at radius 2 is 2.00 bits per heavy atom. The molecule has 3 heterocycles. The summed E-state index contributed by atoms with van der Waals surface area (Å²) in [5.41, 5.74) is 12.5. The number of primary amides is 1. The highest BCUT2D eigenvalue weighted by Gasteiger charge is 2.28. The molecule has 0 bridgehead atoms. The number of H-pyrrole nitrogens is 1. The molecule has 1 atom stereocenters. The molecule has 2 aromatic carbocycles. The zero-order chi connectivity index (χ0) is 23.2. The maximum absolute atomic E-state index is 12.5. The van der Waals surface area contributed by atoms with E-state index in [4.69, 9.17) is 10.7 Å². The fraction of sp³-hybridized carbons (Fsp3) is 0.423. The average Bonchev–Trinajstić information content (AvgIpc) is 3.62. The molecule has 1 amide bonds. The van der Waals surface area contributed by atoms with Gasteiger partial charge in [0.15, 0.2) is 0 Å². The average molecular weight is 459 g/mol. The van der Waals surface area contributed by atoms with Crippen molar-refractivity contribution < 1.29 is 9.90 Å². The lowest BCUT2D eigenvalue weighted by molar-refractivity contribution is 0.100. The summed E-state index contributed by atoms with van der Waals surface area (Å²) in [6, 6.07) is 8.96. The van der Waals surface area contributed by atoms with Gasteiger partial charge in [-0.15, -0.1) is 0 Å². The number of carbonyl (C=O) groups excluding carboxylic acids is 1. The predicted molar refractivity (Wildman–Crippen MR) is 133 cm³/mol. The molecule has 8 nitrogen and oxygen atoms in total. The molecule has 1 saturated carbocycles. The number of amides is 1. The van der Waals surface area contributed by atoms with Crippen molar-refractivity contribution in [2.45, 2.75) is 44.6 Å². The summed E-state index contributed by atoms with van der Waals surface area (Å²) in [5, 5.41) is 9.63. The number of nitrogens with two attached hydrogens (primary N) is 1. The third-order valence-electron chi connectivity index (χ3n) is 7.67. The van der Waals surface area contributed by atoms with Gasteiger partial charge in [0, 0.05) is 37.2 Å². The topological polar surface area (TPSA) is 113 Å². The van der Waals surface area contributed by atoms with Crippen LogP contribution < -0.4 is 10.6 Å². The summed E-state index contributed by atoms with van der Waals surface area (Å²) in [6.07, 6.45) is 10.8. The van der Waals surface area contributed by atoms with E-state index in [9.17, 15) is 9.90 Å². The van der Waals surface area contributed by atoms with Gasteiger partial charge in [0.1, 0.15) is 0 Å². The zero-order valence-electron chi connectivity index (χ0n) is 19.2. The minimum Gasteiger partial charge on any atom is -0.396 e. The quantitative estimate of drug-likeness (QED) is 0.418. The standard InChI is InChI=1S/C26H30N6O2/c27-26(34)23-22(31-9-8-16(12-31)13-33)11-19(24-25(23)29-14-28-24)17-6-7-21-20(10-17)30-15-32(21)18-4-2-1-3-5-18/h6-7,10-11,14-16,18,33H,1-5,8-9,12-13H2,(H2,27,34)(H,28,29)/t16-/m0/s1. The Hall–Kier alpha value is -3.39. The first-order chi connectivity index (χ1) is 16.6. The zero-order valence-corrected chi connectivity index (χ0v) is 19.2. The van der Waals surface area contributed by atoms with Crippen molar-refractivity contribution in [3.8, 4) is 11.1 Å². The summed E-state index contributed by atoms with van der Waals surface area (Å²) >= 11 is 0. The van der Waals surface area contributed by atoms with Gasteiger partial charge in [-0.3, -0.25) is 4.79 Å². The molecular formula is C26H30N6O2. The third kappa shape index (κ3) is 3.44. The van der Waals surface area contributed by atoms with Crippen LogP contribution in [-0.4, -0.2) is 50.2 Å². The number of aliphatic hydroxyl groups excluding tert-OH is 1.